The number of methoxy groups -OCH3 is 1. The van der Waals surface area contributed by atoms with E-state index in [-0.39, 0.29) is 6.61 Å². The van der Waals surface area contributed by atoms with Gasteiger partial charge in [-0.15, -0.1) is 0 Å². The van der Waals surface area contributed by atoms with Gasteiger partial charge in [0.2, 0.25) is 0 Å². The van der Waals surface area contributed by atoms with Crippen molar-refractivity contribution in [2.24, 2.45) is 5.92 Å². The topological polar surface area (TPSA) is 119 Å². The van der Waals surface area contributed by atoms with Crippen LogP contribution >= 0.6 is 0 Å². The van der Waals surface area contributed by atoms with E-state index in [1.807, 2.05) is 42.3 Å². The summed E-state index contributed by atoms with van der Waals surface area (Å²) in [5.74, 6) is -0.315. The molecule has 1 aromatic heterocycles. The van der Waals surface area contributed by atoms with Crippen molar-refractivity contribution in [3.05, 3.63) is 89.2 Å². The lowest BCUT2D eigenvalue weighted by molar-refractivity contribution is -0.152. The fourth-order valence-corrected chi connectivity index (χ4v) is 6.15. The van der Waals surface area contributed by atoms with Gasteiger partial charge in [0.25, 0.3) is 0 Å². The number of benzene rings is 2. The van der Waals surface area contributed by atoms with E-state index in [0.717, 1.165) is 5.56 Å². The first-order valence-electron chi connectivity index (χ1n) is 11.9. The molecule has 2 heterocycles. The molecule has 2 aliphatic rings. The predicted molar refractivity (Wildman–Crippen MR) is 131 cm³/mol. The standard InChI is InChI=1S/C28H29N3O5/c1-31(12-13-32)17-21-24(19-6-4-3-5-7-19)28(20-10-8-18(14-29)9-11-20)27(34,26(21)33)25-22(35-2)15-30-16-23(25)36-28/h3-11,15-16,21,24,26,32-34H,12-13,17H2,1-2H3/t21?,24?,26-,27+,28+/m1/s1. The maximum atomic E-state index is 12.7. The zero-order valence-corrected chi connectivity index (χ0v) is 20.2. The molecule has 0 radical (unpaired) electrons. The van der Waals surface area contributed by atoms with Gasteiger partial charge < -0.3 is 29.7 Å². The summed E-state index contributed by atoms with van der Waals surface area (Å²) in [5.41, 5.74) is -0.991. The zero-order chi connectivity index (χ0) is 25.5. The molecule has 0 saturated heterocycles. The van der Waals surface area contributed by atoms with Gasteiger partial charge in [0, 0.05) is 24.9 Å². The molecule has 1 fully saturated rings. The molecular formula is C28H29N3O5. The Morgan fingerprint density at radius 3 is 2.50 bits per heavy atom. The smallest absolute Gasteiger partial charge is 0.177 e. The number of hydrogen-bond donors (Lipinski definition) is 3. The van der Waals surface area contributed by atoms with E-state index in [2.05, 4.69) is 11.1 Å². The van der Waals surface area contributed by atoms with Crippen LogP contribution in [0.5, 0.6) is 11.5 Å². The van der Waals surface area contributed by atoms with Gasteiger partial charge in [0.05, 0.1) is 49.4 Å². The van der Waals surface area contributed by atoms with E-state index in [0.29, 0.717) is 41.3 Å². The number of nitriles is 1. The summed E-state index contributed by atoms with van der Waals surface area (Å²) in [6.45, 7) is 0.782. The molecule has 3 N–H and O–H groups in total. The minimum atomic E-state index is -1.89. The summed E-state index contributed by atoms with van der Waals surface area (Å²) in [6, 6.07) is 18.8. The van der Waals surface area contributed by atoms with Gasteiger partial charge in [-0.2, -0.15) is 5.26 Å². The lowest BCUT2D eigenvalue weighted by Gasteiger charge is -2.41. The number of fused-ring (bicyclic) bond motifs is 3. The highest BCUT2D eigenvalue weighted by Gasteiger charge is 2.76. The molecule has 0 bridgehead atoms. The molecule has 3 aromatic rings. The Hall–Kier alpha value is -3.48. The van der Waals surface area contributed by atoms with Gasteiger partial charge in [0.1, 0.15) is 11.5 Å². The summed E-state index contributed by atoms with van der Waals surface area (Å²) in [4.78, 5) is 6.17. The van der Waals surface area contributed by atoms with Crippen molar-refractivity contribution in [3.8, 4) is 17.6 Å². The summed E-state index contributed by atoms with van der Waals surface area (Å²) in [7, 11) is 3.36. The summed E-state index contributed by atoms with van der Waals surface area (Å²) >= 11 is 0. The van der Waals surface area contributed by atoms with Crippen molar-refractivity contribution in [3.63, 3.8) is 0 Å². The summed E-state index contributed by atoms with van der Waals surface area (Å²) in [5, 5.41) is 43.6. The second-order valence-electron chi connectivity index (χ2n) is 9.49. The SMILES string of the molecule is COc1cncc2c1[C@]1(O)[C@H](O)C(CN(C)CCO)C(c3ccccc3)[C@]1(c1ccc(C#N)cc1)O2. The largest absolute Gasteiger partial charge is 0.495 e. The number of ether oxygens (including phenoxy) is 2. The number of nitrogens with zero attached hydrogens (tertiary/aromatic N) is 3. The minimum absolute atomic E-state index is 0.0286. The van der Waals surface area contributed by atoms with Crippen LogP contribution in [0.15, 0.2) is 67.0 Å². The Balaban J connectivity index is 1.81. The Bertz CT molecular complexity index is 1280. The number of likely N-dealkylation sites (N-methyl/N-ethyl adjacent to an activating group) is 1. The molecule has 0 spiro atoms. The van der Waals surface area contributed by atoms with E-state index in [1.165, 1.54) is 19.5 Å². The lowest BCUT2D eigenvalue weighted by Crippen LogP contribution is -2.52. The van der Waals surface area contributed by atoms with Crippen LogP contribution in [0.3, 0.4) is 0 Å². The molecule has 2 aromatic carbocycles. The quantitative estimate of drug-likeness (QED) is 0.464. The van der Waals surface area contributed by atoms with Crippen molar-refractivity contribution >= 4 is 0 Å². The van der Waals surface area contributed by atoms with Gasteiger partial charge in [-0.25, -0.2) is 0 Å². The third kappa shape index (κ3) is 3.32. The van der Waals surface area contributed by atoms with Crippen molar-refractivity contribution in [1.82, 2.24) is 9.88 Å². The average molecular weight is 488 g/mol. The fourth-order valence-electron chi connectivity index (χ4n) is 6.15. The van der Waals surface area contributed by atoms with Crippen LogP contribution in [0, 0.1) is 17.2 Å². The molecule has 1 aliphatic heterocycles. The highest BCUT2D eigenvalue weighted by molar-refractivity contribution is 5.59. The molecule has 0 amide bonds. The molecule has 1 aliphatic carbocycles. The maximum Gasteiger partial charge on any atom is 0.177 e. The number of aliphatic hydroxyl groups excluding tert-OH is 2. The molecular weight excluding hydrogens is 458 g/mol. The van der Waals surface area contributed by atoms with Crippen LogP contribution in [0.4, 0.5) is 0 Å². The van der Waals surface area contributed by atoms with Gasteiger partial charge in [0.15, 0.2) is 11.2 Å². The van der Waals surface area contributed by atoms with E-state index >= 15 is 0 Å². The third-order valence-corrected chi connectivity index (χ3v) is 7.62. The Morgan fingerprint density at radius 1 is 1.14 bits per heavy atom. The second kappa shape index (κ2) is 9.19. The monoisotopic (exact) mass is 487 g/mol. The molecule has 8 heteroatoms. The number of hydrogen-bond acceptors (Lipinski definition) is 8. The molecule has 8 nitrogen and oxygen atoms in total. The van der Waals surface area contributed by atoms with Crippen molar-refractivity contribution in [2.45, 2.75) is 23.2 Å². The second-order valence-corrected chi connectivity index (χ2v) is 9.49. The molecule has 5 atom stereocenters. The van der Waals surface area contributed by atoms with Gasteiger partial charge in [-0.1, -0.05) is 42.5 Å². The van der Waals surface area contributed by atoms with E-state index in [4.69, 9.17) is 9.47 Å². The van der Waals surface area contributed by atoms with Gasteiger partial charge in [-0.3, -0.25) is 4.98 Å². The average Bonchev–Trinajstić information content (AvgIpc) is 3.28. The number of pyridine rings is 1. The summed E-state index contributed by atoms with van der Waals surface area (Å²) in [6.07, 6.45) is 1.78. The van der Waals surface area contributed by atoms with Gasteiger partial charge >= 0.3 is 0 Å². The lowest BCUT2D eigenvalue weighted by atomic mass is 9.70. The van der Waals surface area contributed by atoms with Crippen LogP contribution in [0.25, 0.3) is 0 Å². The fraction of sp³-hybridized carbons (Fsp3) is 0.357. The molecule has 1 saturated carbocycles. The minimum Gasteiger partial charge on any atom is -0.495 e. The van der Waals surface area contributed by atoms with Crippen LogP contribution in [-0.4, -0.2) is 65.2 Å². The van der Waals surface area contributed by atoms with Crippen LogP contribution in [0.1, 0.15) is 28.2 Å². The number of aliphatic hydroxyl groups is 3. The predicted octanol–water partition coefficient (Wildman–Crippen LogP) is 2.14. The Labute approximate surface area is 210 Å². The molecule has 5 rings (SSSR count). The normalized spacial score (nSPS) is 28.3. The van der Waals surface area contributed by atoms with E-state index < -0.39 is 29.1 Å². The summed E-state index contributed by atoms with van der Waals surface area (Å²) < 4.78 is 12.3. The van der Waals surface area contributed by atoms with Crippen LogP contribution in [-0.2, 0) is 11.2 Å². The van der Waals surface area contributed by atoms with Crippen LogP contribution < -0.4 is 9.47 Å². The first-order valence-corrected chi connectivity index (χ1v) is 11.9. The highest BCUT2D eigenvalue weighted by atomic mass is 16.5. The van der Waals surface area contributed by atoms with Crippen molar-refractivity contribution in [1.29, 1.82) is 5.26 Å². The van der Waals surface area contributed by atoms with E-state index in [1.54, 1.807) is 24.3 Å². The first kappa shape index (κ1) is 24.2. The highest BCUT2D eigenvalue weighted by Crippen LogP contribution is 2.69. The Kier molecular flexibility index (Phi) is 6.18. The van der Waals surface area contributed by atoms with Crippen molar-refractivity contribution < 1.29 is 24.8 Å². The first-order chi connectivity index (χ1) is 17.4. The van der Waals surface area contributed by atoms with Crippen LogP contribution in [0.2, 0.25) is 0 Å². The molecule has 36 heavy (non-hydrogen) atoms. The number of rotatable bonds is 7. The third-order valence-electron chi connectivity index (χ3n) is 7.62. The zero-order valence-electron chi connectivity index (χ0n) is 20.2. The van der Waals surface area contributed by atoms with Gasteiger partial charge in [-0.05, 0) is 30.3 Å². The van der Waals surface area contributed by atoms with E-state index in [9.17, 15) is 20.6 Å². The number of aromatic nitrogens is 1. The Morgan fingerprint density at radius 2 is 1.86 bits per heavy atom. The molecule has 186 valence electrons. The van der Waals surface area contributed by atoms with Crippen molar-refractivity contribution in [2.75, 3.05) is 33.9 Å². The molecule has 2 unspecified atom stereocenters. The maximum absolute atomic E-state index is 12.7.